The van der Waals surface area contributed by atoms with Crippen LogP contribution in [0.5, 0.6) is 5.75 Å². The second kappa shape index (κ2) is 8.31. The zero-order chi connectivity index (χ0) is 14.8. The number of carbonyl (C=O) groups is 1. The van der Waals surface area contributed by atoms with E-state index in [0.29, 0.717) is 5.56 Å². The molecule has 0 radical (unpaired) electrons. The standard InChI is InChI=1S/C10H10O4.C5H5N/c1-14-9(10(12)13)6-7-2-4-8(11)5-3-7;1-2-4-6-5-3-1/h2-6,11H,1H3,(H,12,13);1-5H/b9-6-;. The molecule has 0 spiro atoms. The molecule has 1 aromatic heterocycles. The van der Waals surface area contributed by atoms with E-state index in [9.17, 15) is 4.79 Å². The lowest BCUT2D eigenvalue weighted by atomic mass is 10.2. The van der Waals surface area contributed by atoms with Gasteiger partial charge in [0.1, 0.15) is 5.75 Å². The Labute approximate surface area is 116 Å². The van der Waals surface area contributed by atoms with Crippen LogP contribution in [0.2, 0.25) is 0 Å². The van der Waals surface area contributed by atoms with Gasteiger partial charge in [0, 0.05) is 12.4 Å². The molecule has 0 saturated carbocycles. The second-order valence-corrected chi connectivity index (χ2v) is 3.63. The number of pyridine rings is 1. The van der Waals surface area contributed by atoms with Crippen LogP contribution in [0.3, 0.4) is 0 Å². The first-order chi connectivity index (χ1) is 9.63. The zero-order valence-corrected chi connectivity index (χ0v) is 10.9. The minimum Gasteiger partial charge on any atom is -0.508 e. The number of methoxy groups -OCH3 is 1. The smallest absolute Gasteiger partial charge is 0.371 e. The van der Waals surface area contributed by atoms with Crippen molar-refractivity contribution in [2.45, 2.75) is 0 Å². The molecule has 0 unspecified atom stereocenters. The van der Waals surface area contributed by atoms with E-state index in [0.717, 1.165) is 0 Å². The molecule has 0 aliphatic rings. The Morgan fingerprint density at radius 2 is 1.75 bits per heavy atom. The third-order valence-corrected chi connectivity index (χ3v) is 2.19. The molecule has 2 N–H and O–H groups in total. The Bertz CT molecular complexity index is 523. The fraction of sp³-hybridized carbons (Fsp3) is 0.0667. The minimum absolute atomic E-state index is 0.136. The number of rotatable bonds is 3. The maximum atomic E-state index is 10.6. The molecule has 0 amide bonds. The number of hydrogen-bond acceptors (Lipinski definition) is 4. The Kier molecular flexibility index (Phi) is 6.33. The van der Waals surface area contributed by atoms with Gasteiger partial charge in [0.15, 0.2) is 0 Å². The first kappa shape index (κ1) is 15.2. The van der Waals surface area contributed by atoms with Crippen molar-refractivity contribution in [1.82, 2.24) is 4.98 Å². The molecule has 5 nitrogen and oxygen atoms in total. The number of benzene rings is 1. The van der Waals surface area contributed by atoms with Gasteiger partial charge < -0.3 is 14.9 Å². The molecular weight excluding hydrogens is 258 g/mol. The van der Waals surface area contributed by atoms with Crippen LogP contribution in [-0.2, 0) is 9.53 Å². The molecular formula is C15H15NO4. The molecule has 0 fully saturated rings. The van der Waals surface area contributed by atoms with E-state index >= 15 is 0 Å². The van der Waals surface area contributed by atoms with Gasteiger partial charge in [0.25, 0.3) is 0 Å². The highest BCUT2D eigenvalue weighted by Crippen LogP contribution is 2.12. The third kappa shape index (κ3) is 5.68. The number of aromatic nitrogens is 1. The maximum Gasteiger partial charge on any atom is 0.371 e. The van der Waals surface area contributed by atoms with Crippen LogP contribution in [0, 0.1) is 0 Å². The molecule has 2 rings (SSSR count). The maximum absolute atomic E-state index is 10.6. The predicted octanol–water partition coefficient (Wildman–Crippen LogP) is 2.55. The van der Waals surface area contributed by atoms with E-state index in [1.807, 2.05) is 18.2 Å². The predicted molar refractivity (Wildman–Crippen MR) is 75.0 cm³/mol. The highest BCUT2D eigenvalue weighted by Gasteiger charge is 2.05. The SMILES string of the molecule is CO/C(=C\c1ccc(O)cc1)C(=O)O.c1ccncc1. The normalized spacial score (nSPS) is 10.2. The lowest BCUT2D eigenvalue weighted by molar-refractivity contribution is -0.135. The van der Waals surface area contributed by atoms with Gasteiger partial charge in [-0.3, -0.25) is 4.98 Å². The summed E-state index contributed by atoms with van der Waals surface area (Å²) >= 11 is 0. The Balaban J connectivity index is 0.000000276. The molecule has 20 heavy (non-hydrogen) atoms. The van der Waals surface area contributed by atoms with E-state index in [4.69, 9.17) is 10.2 Å². The summed E-state index contributed by atoms with van der Waals surface area (Å²) in [6, 6.07) is 11.9. The van der Waals surface area contributed by atoms with Crippen LogP contribution in [0.25, 0.3) is 6.08 Å². The van der Waals surface area contributed by atoms with Gasteiger partial charge in [0.2, 0.25) is 5.76 Å². The molecule has 0 aliphatic heterocycles. The third-order valence-electron chi connectivity index (χ3n) is 2.19. The van der Waals surface area contributed by atoms with Gasteiger partial charge in [-0.2, -0.15) is 0 Å². The van der Waals surface area contributed by atoms with E-state index in [1.165, 1.54) is 25.3 Å². The molecule has 104 valence electrons. The van der Waals surface area contributed by atoms with E-state index in [-0.39, 0.29) is 11.5 Å². The number of aliphatic carboxylic acids is 1. The van der Waals surface area contributed by atoms with Crippen molar-refractivity contribution in [3.63, 3.8) is 0 Å². The molecule has 5 heteroatoms. The lowest BCUT2D eigenvalue weighted by Gasteiger charge is -2.00. The van der Waals surface area contributed by atoms with E-state index in [2.05, 4.69) is 9.72 Å². The van der Waals surface area contributed by atoms with Gasteiger partial charge in [-0.1, -0.05) is 18.2 Å². The first-order valence-electron chi connectivity index (χ1n) is 5.76. The van der Waals surface area contributed by atoms with Gasteiger partial charge in [-0.25, -0.2) is 4.79 Å². The van der Waals surface area contributed by atoms with Crippen molar-refractivity contribution in [1.29, 1.82) is 0 Å². The zero-order valence-electron chi connectivity index (χ0n) is 10.9. The van der Waals surface area contributed by atoms with Crippen LogP contribution < -0.4 is 0 Å². The van der Waals surface area contributed by atoms with Gasteiger partial charge in [0.05, 0.1) is 7.11 Å². The summed E-state index contributed by atoms with van der Waals surface area (Å²) in [6.07, 6.45) is 4.88. The number of hydrogen-bond donors (Lipinski definition) is 2. The van der Waals surface area contributed by atoms with Crippen LogP contribution in [-0.4, -0.2) is 28.3 Å². The quantitative estimate of drug-likeness (QED) is 0.663. The second-order valence-electron chi connectivity index (χ2n) is 3.63. The molecule has 0 atom stereocenters. The van der Waals surface area contributed by atoms with E-state index in [1.54, 1.807) is 24.5 Å². The van der Waals surface area contributed by atoms with Gasteiger partial charge in [-0.05, 0) is 35.9 Å². The number of carboxylic acids is 1. The van der Waals surface area contributed by atoms with Crippen molar-refractivity contribution in [2.24, 2.45) is 0 Å². The summed E-state index contributed by atoms with van der Waals surface area (Å²) in [5.74, 6) is -1.13. The topological polar surface area (TPSA) is 79.7 Å². The summed E-state index contributed by atoms with van der Waals surface area (Å²) in [4.78, 5) is 14.3. The molecule has 1 aromatic carbocycles. The van der Waals surface area contributed by atoms with Crippen LogP contribution in [0.4, 0.5) is 0 Å². The van der Waals surface area contributed by atoms with Gasteiger partial charge in [-0.15, -0.1) is 0 Å². The number of ether oxygens (including phenoxy) is 1. The number of carboxylic acid groups (broad SMARTS) is 1. The Hall–Kier alpha value is -2.82. The molecule has 0 bridgehead atoms. The highest BCUT2D eigenvalue weighted by atomic mass is 16.5. The summed E-state index contributed by atoms with van der Waals surface area (Å²) in [5, 5.41) is 17.6. The summed E-state index contributed by atoms with van der Waals surface area (Å²) in [5.41, 5.74) is 0.655. The highest BCUT2D eigenvalue weighted by molar-refractivity contribution is 5.89. The van der Waals surface area contributed by atoms with Crippen molar-refractivity contribution >= 4 is 12.0 Å². The summed E-state index contributed by atoms with van der Waals surface area (Å²) < 4.78 is 4.64. The lowest BCUT2D eigenvalue weighted by Crippen LogP contribution is -2.01. The average Bonchev–Trinajstić information content (AvgIpc) is 2.49. The number of aromatic hydroxyl groups is 1. The monoisotopic (exact) mass is 273 g/mol. The van der Waals surface area contributed by atoms with E-state index < -0.39 is 5.97 Å². The van der Waals surface area contributed by atoms with Crippen LogP contribution >= 0.6 is 0 Å². The molecule has 2 aromatic rings. The Morgan fingerprint density at radius 3 is 2.10 bits per heavy atom. The number of phenols is 1. The average molecular weight is 273 g/mol. The van der Waals surface area contributed by atoms with Crippen LogP contribution in [0.1, 0.15) is 5.56 Å². The first-order valence-corrected chi connectivity index (χ1v) is 5.76. The van der Waals surface area contributed by atoms with Crippen molar-refractivity contribution in [3.05, 3.63) is 66.2 Å². The molecule has 0 saturated heterocycles. The van der Waals surface area contributed by atoms with Crippen molar-refractivity contribution in [3.8, 4) is 5.75 Å². The van der Waals surface area contributed by atoms with Gasteiger partial charge >= 0.3 is 5.97 Å². The van der Waals surface area contributed by atoms with Crippen molar-refractivity contribution in [2.75, 3.05) is 7.11 Å². The number of phenolic OH excluding ortho intramolecular Hbond substituents is 1. The Morgan fingerprint density at radius 1 is 1.15 bits per heavy atom. The largest absolute Gasteiger partial charge is 0.508 e. The van der Waals surface area contributed by atoms with Crippen molar-refractivity contribution < 1.29 is 19.7 Å². The fourth-order valence-electron chi connectivity index (χ4n) is 1.24. The molecule has 1 heterocycles. The number of nitrogens with zero attached hydrogens (tertiary/aromatic N) is 1. The van der Waals surface area contributed by atoms with Crippen LogP contribution in [0.15, 0.2) is 60.6 Å². The molecule has 0 aliphatic carbocycles. The fourth-order valence-corrected chi connectivity index (χ4v) is 1.24. The summed E-state index contributed by atoms with van der Waals surface area (Å²) in [6.45, 7) is 0. The minimum atomic E-state index is -1.12. The summed E-state index contributed by atoms with van der Waals surface area (Å²) in [7, 11) is 1.29.